The number of benzene rings is 2. The van der Waals surface area contributed by atoms with Gasteiger partial charge in [-0.2, -0.15) is 0 Å². The number of carboxylic acid groups (broad SMARTS) is 1. The Morgan fingerprint density at radius 1 is 1.08 bits per heavy atom. The van der Waals surface area contributed by atoms with Gasteiger partial charge in [0.15, 0.2) is 17.1 Å². The monoisotopic (exact) mass is 496 g/mol. The van der Waals surface area contributed by atoms with Gasteiger partial charge in [0, 0.05) is 18.8 Å². The van der Waals surface area contributed by atoms with Gasteiger partial charge in [0.2, 0.25) is 5.91 Å². The summed E-state index contributed by atoms with van der Waals surface area (Å²) in [6.45, 7) is 7.23. The number of aliphatic carboxylic acids is 1. The molecule has 7 heteroatoms. The molecule has 1 atom stereocenters. The maximum absolute atomic E-state index is 13.2. The molecule has 36 heavy (non-hydrogen) atoms. The van der Waals surface area contributed by atoms with Crippen molar-refractivity contribution in [1.29, 1.82) is 0 Å². The lowest BCUT2D eigenvalue weighted by Crippen LogP contribution is -2.38. The van der Waals surface area contributed by atoms with Crippen LogP contribution in [-0.4, -0.2) is 42.8 Å². The number of unbranched alkanes of at least 4 members (excludes halogenated alkanes) is 1. The molecule has 1 saturated heterocycles. The van der Waals surface area contributed by atoms with Gasteiger partial charge in [-0.15, -0.1) is 0 Å². The first-order valence-electron chi connectivity index (χ1n) is 13.0. The second-order valence-electron chi connectivity index (χ2n) is 9.95. The number of carbonyl (C=O) groups is 2. The molecule has 2 aromatic carbocycles. The second-order valence-corrected chi connectivity index (χ2v) is 9.95. The number of hydrogen-bond donors (Lipinski definition) is 2. The van der Waals surface area contributed by atoms with Crippen molar-refractivity contribution >= 4 is 17.6 Å². The fourth-order valence-electron chi connectivity index (χ4n) is 4.57. The Bertz CT molecular complexity index is 1030. The lowest BCUT2D eigenvalue weighted by Gasteiger charge is -2.33. The van der Waals surface area contributed by atoms with Gasteiger partial charge in [0.25, 0.3) is 0 Å². The summed E-state index contributed by atoms with van der Waals surface area (Å²) in [5.41, 5.74) is 1.77. The Labute approximate surface area is 214 Å². The number of piperidine rings is 1. The van der Waals surface area contributed by atoms with E-state index in [-0.39, 0.29) is 18.4 Å². The zero-order chi connectivity index (χ0) is 26.1. The molecule has 1 heterocycles. The first-order valence-corrected chi connectivity index (χ1v) is 13.0. The van der Waals surface area contributed by atoms with E-state index in [4.69, 9.17) is 9.47 Å². The number of carboxylic acids is 1. The van der Waals surface area contributed by atoms with Crippen LogP contribution >= 0.6 is 0 Å². The maximum Gasteiger partial charge on any atom is 0.347 e. The van der Waals surface area contributed by atoms with Gasteiger partial charge in [-0.3, -0.25) is 4.79 Å². The third-order valence-electron chi connectivity index (χ3n) is 6.66. The Balaban J connectivity index is 1.76. The molecule has 2 aromatic rings. The van der Waals surface area contributed by atoms with Gasteiger partial charge < -0.3 is 24.8 Å². The van der Waals surface area contributed by atoms with Gasteiger partial charge in [-0.05, 0) is 68.9 Å². The normalized spacial score (nSPS) is 14.7. The summed E-state index contributed by atoms with van der Waals surface area (Å²) in [7, 11) is 1.50. The van der Waals surface area contributed by atoms with Crippen LogP contribution < -0.4 is 19.7 Å². The molecule has 0 spiro atoms. The number of carbonyl (C=O) groups excluding carboxylic acids is 1. The average Bonchev–Trinajstić information content (AvgIpc) is 2.87. The van der Waals surface area contributed by atoms with E-state index < -0.39 is 11.6 Å². The van der Waals surface area contributed by atoms with Crippen LogP contribution in [0.1, 0.15) is 76.5 Å². The third kappa shape index (κ3) is 7.15. The van der Waals surface area contributed by atoms with E-state index >= 15 is 0 Å². The summed E-state index contributed by atoms with van der Waals surface area (Å²) >= 11 is 0. The number of anilines is 1. The number of nitrogens with one attached hydrogen (secondary N) is 1. The van der Waals surface area contributed by atoms with E-state index in [9.17, 15) is 14.7 Å². The van der Waals surface area contributed by atoms with Crippen LogP contribution in [0.2, 0.25) is 0 Å². The van der Waals surface area contributed by atoms with Crippen molar-refractivity contribution in [2.75, 3.05) is 25.1 Å². The van der Waals surface area contributed by atoms with Crippen molar-refractivity contribution in [3.8, 4) is 11.5 Å². The molecule has 196 valence electrons. The van der Waals surface area contributed by atoms with Crippen molar-refractivity contribution in [2.45, 2.75) is 77.4 Å². The molecule has 0 aliphatic carbocycles. The average molecular weight is 497 g/mol. The molecule has 0 aromatic heterocycles. The van der Waals surface area contributed by atoms with Crippen molar-refractivity contribution in [2.24, 2.45) is 0 Å². The Morgan fingerprint density at radius 3 is 2.47 bits per heavy atom. The van der Waals surface area contributed by atoms with Crippen LogP contribution in [0, 0.1) is 0 Å². The molecule has 1 fully saturated rings. The molecule has 3 rings (SSSR count). The predicted molar refractivity (Wildman–Crippen MR) is 142 cm³/mol. The zero-order valence-corrected chi connectivity index (χ0v) is 22.0. The van der Waals surface area contributed by atoms with Crippen molar-refractivity contribution in [3.05, 3.63) is 53.6 Å². The Morgan fingerprint density at radius 2 is 1.81 bits per heavy atom. The number of para-hydroxylation sites is 1. The second kappa shape index (κ2) is 12.7. The summed E-state index contributed by atoms with van der Waals surface area (Å²) in [5, 5.41) is 12.6. The van der Waals surface area contributed by atoms with Crippen LogP contribution in [0.25, 0.3) is 0 Å². The fourth-order valence-corrected chi connectivity index (χ4v) is 4.57. The van der Waals surface area contributed by atoms with E-state index in [1.807, 2.05) is 0 Å². The van der Waals surface area contributed by atoms with Crippen molar-refractivity contribution < 1.29 is 24.2 Å². The largest absolute Gasteiger partial charge is 0.493 e. The molecule has 1 unspecified atom stereocenters. The summed E-state index contributed by atoms with van der Waals surface area (Å²) < 4.78 is 11.1. The van der Waals surface area contributed by atoms with Gasteiger partial charge >= 0.3 is 5.97 Å². The minimum Gasteiger partial charge on any atom is -0.493 e. The van der Waals surface area contributed by atoms with Crippen LogP contribution in [0.4, 0.5) is 5.69 Å². The van der Waals surface area contributed by atoms with Crippen LogP contribution in [0.15, 0.2) is 42.5 Å². The molecule has 0 bridgehead atoms. The first-order chi connectivity index (χ1) is 17.2. The van der Waals surface area contributed by atoms with Gasteiger partial charge in [0.05, 0.1) is 19.6 Å². The number of rotatable bonds is 12. The van der Waals surface area contributed by atoms with Crippen molar-refractivity contribution in [3.63, 3.8) is 0 Å². The summed E-state index contributed by atoms with van der Waals surface area (Å²) in [5.74, 6) is -0.417. The number of amides is 1. The molecular weight excluding hydrogens is 456 g/mol. The standard InChI is InChI=1S/C29H40N2O5/c1-5-6-13-23(22-12-8-9-14-24(22)31-17-10-7-11-18-31)30-27(32)20-21-15-16-25(26(19-21)35-4)36-29(2,3)28(33)34/h8-9,12,14-16,19,23H,5-7,10-11,13,17-18,20H2,1-4H3,(H,30,32)(H,33,34). The fraction of sp³-hybridized carbons (Fsp3) is 0.517. The first kappa shape index (κ1) is 27.4. The lowest BCUT2D eigenvalue weighted by molar-refractivity contribution is -0.152. The van der Waals surface area contributed by atoms with Gasteiger partial charge in [-0.25, -0.2) is 4.79 Å². The van der Waals surface area contributed by atoms with E-state index in [0.29, 0.717) is 11.5 Å². The van der Waals surface area contributed by atoms with Crippen LogP contribution in [-0.2, 0) is 16.0 Å². The minimum absolute atomic E-state index is 0.0588. The van der Waals surface area contributed by atoms with E-state index in [1.54, 1.807) is 18.2 Å². The molecule has 1 amide bonds. The van der Waals surface area contributed by atoms with Crippen molar-refractivity contribution in [1.82, 2.24) is 5.32 Å². The lowest BCUT2D eigenvalue weighted by atomic mass is 9.97. The summed E-state index contributed by atoms with van der Waals surface area (Å²) in [6.07, 6.45) is 6.83. The smallest absolute Gasteiger partial charge is 0.347 e. The van der Waals surface area contributed by atoms with Crippen LogP contribution in [0.3, 0.4) is 0 Å². The highest BCUT2D eigenvalue weighted by Crippen LogP contribution is 2.33. The quantitative estimate of drug-likeness (QED) is 0.402. The molecule has 0 radical (unpaired) electrons. The number of nitrogens with zero attached hydrogens (tertiary/aromatic N) is 1. The topological polar surface area (TPSA) is 88.1 Å². The minimum atomic E-state index is -1.40. The van der Waals surface area contributed by atoms with Gasteiger partial charge in [0.1, 0.15) is 0 Å². The van der Waals surface area contributed by atoms with Crippen LogP contribution in [0.5, 0.6) is 11.5 Å². The summed E-state index contributed by atoms with van der Waals surface area (Å²) in [4.78, 5) is 27.1. The Kier molecular flexibility index (Phi) is 9.62. The SMILES string of the molecule is CCCCC(NC(=O)Cc1ccc(OC(C)(C)C(=O)O)c(OC)c1)c1ccccc1N1CCCCC1. The molecule has 1 aliphatic rings. The number of methoxy groups -OCH3 is 1. The molecular formula is C29H40N2O5. The third-order valence-corrected chi connectivity index (χ3v) is 6.66. The predicted octanol–water partition coefficient (Wildman–Crippen LogP) is 5.52. The number of hydrogen-bond acceptors (Lipinski definition) is 5. The highest BCUT2D eigenvalue weighted by molar-refractivity contribution is 5.80. The molecule has 2 N–H and O–H groups in total. The molecule has 7 nitrogen and oxygen atoms in total. The zero-order valence-electron chi connectivity index (χ0n) is 22.0. The highest BCUT2D eigenvalue weighted by atomic mass is 16.5. The van der Waals surface area contributed by atoms with E-state index in [1.165, 1.54) is 51.5 Å². The Hall–Kier alpha value is -3.22. The highest BCUT2D eigenvalue weighted by Gasteiger charge is 2.30. The number of ether oxygens (including phenoxy) is 2. The molecule has 0 saturated carbocycles. The molecule has 1 aliphatic heterocycles. The van der Waals surface area contributed by atoms with E-state index in [2.05, 4.69) is 41.4 Å². The van der Waals surface area contributed by atoms with Gasteiger partial charge in [-0.1, -0.05) is 44.0 Å². The summed E-state index contributed by atoms with van der Waals surface area (Å²) in [6, 6.07) is 13.6. The maximum atomic E-state index is 13.2. The van der Waals surface area contributed by atoms with E-state index in [0.717, 1.165) is 37.9 Å².